The van der Waals surface area contributed by atoms with Gasteiger partial charge < -0.3 is 15.4 Å². The Hall–Kier alpha value is -3.60. The van der Waals surface area contributed by atoms with Crippen molar-refractivity contribution >= 4 is 23.2 Å². The fourth-order valence-corrected chi connectivity index (χ4v) is 3.47. The maximum Gasteiger partial charge on any atom is 0.257 e. The van der Waals surface area contributed by atoms with Gasteiger partial charge in [0.1, 0.15) is 5.75 Å². The molecule has 0 heterocycles. The molecular formula is C24H22N2O3. The fourth-order valence-electron chi connectivity index (χ4n) is 3.47. The lowest BCUT2D eigenvalue weighted by Crippen LogP contribution is -2.19. The van der Waals surface area contributed by atoms with Crippen molar-refractivity contribution in [2.24, 2.45) is 5.92 Å². The SMILES string of the molecule is COc1cccc(NC(=O)c2ccccc2NC(=O)C2CC2c2ccccc2)c1. The highest BCUT2D eigenvalue weighted by molar-refractivity contribution is 6.10. The van der Waals surface area contributed by atoms with Gasteiger partial charge in [-0.05, 0) is 42.2 Å². The van der Waals surface area contributed by atoms with Gasteiger partial charge in [-0.25, -0.2) is 0 Å². The molecular weight excluding hydrogens is 364 g/mol. The van der Waals surface area contributed by atoms with Crippen LogP contribution in [0.1, 0.15) is 28.3 Å². The number of benzene rings is 3. The summed E-state index contributed by atoms with van der Waals surface area (Å²) in [5, 5.41) is 5.79. The number of hydrogen-bond donors (Lipinski definition) is 2. The van der Waals surface area contributed by atoms with E-state index in [1.165, 1.54) is 5.56 Å². The van der Waals surface area contributed by atoms with Crippen LogP contribution in [0.25, 0.3) is 0 Å². The van der Waals surface area contributed by atoms with Crippen molar-refractivity contribution in [2.75, 3.05) is 17.7 Å². The molecule has 29 heavy (non-hydrogen) atoms. The van der Waals surface area contributed by atoms with Gasteiger partial charge in [-0.3, -0.25) is 9.59 Å². The summed E-state index contributed by atoms with van der Waals surface area (Å²) in [6.45, 7) is 0. The molecule has 0 bridgehead atoms. The molecule has 0 radical (unpaired) electrons. The number of carbonyl (C=O) groups is 2. The first-order chi connectivity index (χ1) is 14.2. The quantitative estimate of drug-likeness (QED) is 0.646. The molecule has 2 atom stereocenters. The van der Waals surface area contributed by atoms with E-state index >= 15 is 0 Å². The molecule has 0 spiro atoms. The molecule has 3 aromatic carbocycles. The van der Waals surface area contributed by atoms with Gasteiger partial charge >= 0.3 is 0 Å². The lowest BCUT2D eigenvalue weighted by Gasteiger charge is -2.12. The van der Waals surface area contributed by atoms with E-state index in [4.69, 9.17) is 4.74 Å². The van der Waals surface area contributed by atoms with Crippen LogP contribution in [0.15, 0.2) is 78.9 Å². The average molecular weight is 386 g/mol. The van der Waals surface area contributed by atoms with Gasteiger partial charge in [0.05, 0.1) is 18.4 Å². The number of amides is 2. The van der Waals surface area contributed by atoms with Crippen molar-refractivity contribution in [3.63, 3.8) is 0 Å². The van der Waals surface area contributed by atoms with Gasteiger partial charge in [0.2, 0.25) is 5.91 Å². The molecule has 1 fully saturated rings. The highest BCUT2D eigenvalue weighted by atomic mass is 16.5. The van der Waals surface area contributed by atoms with Crippen molar-refractivity contribution < 1.29 is 14.3 Å². The fraction of sp³-hybridized carbons (Fsp3) is 0.167. The standard InChI is InChI=1S/C24H22N2O3/c1-29-18-11-7-10-17(14-18)25-23(27)19-12-5-6-13-22(19)26-24(28)21-15-20(21)16-8-3-2-4-9-16/h2-14,20-21H,15H2,1H3,(H,25,27)(H,26,28). The van der Waals surface area contributed by atoms with Crippen molar-refractivity contribution in [1.29, 1.82) is 0 Å². The van der Waals surface area contributed by atoms with Gasteiger partial charge in [-0.2, -0.15) is 0 Å². The first-order valence-electron chi connectivity index (χ1n) is 9.56. The number of methoxy groups -OCH3 is 1. The normalized spacial score (nSPS) is 17.3. The molecule has 146 valence electrons. The highest BCUT2D eigenvalue weighted by Crippen LogP contribution is 2.48. The van der Waals surface area contributed by atoms with Crippen LogP contribution in [0.3, 0.4) is 0 Å². The minimum atomic E-state index is -0.287. The van der Waals surface area contributed by atoms with E-state index in [0.29, 0.717) is 22.7 Å². The van der Waals surface area contributed by atoms with Crippen LogP contribution in [0, 0.1) is 5.92 Å². The molecule has 2 amide bonds. The second kappa shape index (κ2) is 8.19. The summed E-state index contributed by atoms with van der Waals surface area (Å²) < 4.78 is 5.19. The zero-order valence-electron chi connectivity index (χ0n) is 16.1. The second-order valence-corrected chi connectivity index (χ2v) is 7.08. The predicted octanol–water partition coefficient (Wildman–Crippen LogP) is 4.69. The lowest BCUT2D eigenvalue weighted by atomic mass is 10.1. The third-order valence-corrected chi connectivity index (χ3v) is 5.11. The Kier molecular flexibility index (Phi) is 5.29. The van der Waals surface area contributed by atoms with Crippen molar-refractivity contribution in [1.82, 2.24) is 0 Å². The summed E-state index contributed by atoms with van der Waals surface area (Å²) in [5.74, 6) is 0.496. The van der Waals surface area contributed by atoms with Crippen LogP contribution in [0.4, 0.5) is 11.4 Å². The Morgan fingerprint density at radius 1 is 0.897 bits per heavy atom. The number of nitrogens with one attached hydrogen (secondary N) is 2. The number of rotatable bonds is 6. The van der Waals surface area contributed by atoms with Crippen LogP contribution in [-0.2, 0) is 4.79 Å². The number of anilines is 2. The molecule has 1 aliphatic rings. The van der Waals surface area contributed by atoms with E-state index in [1.807, 2.05) is 36.4 Å². The van der Waals surface area contributed by atoms with E-state index in [2.05, 4.69) is 10.6 Å². The summed E-state index contributed by atoms with van der Waals surface area (Å²) >= 11 is 0. The summed E-state index contributed by atoms with van der Waals surface area (Å²) in [5.41, 5.74) is 2.73. The first kappa shape index (κ1) is 18.7. The Bertz CT molecular complexity index is 1030. The number of para-hydroxylation sites is 1. The Labute approximate surface area is 169 Å². The molecule has 2 unspecified atom stereocenters. The molecule has 4 rings (SSSR count). The molecule has 0 aromatic heterocycles. The molecule has 2 N–H and O–H groups in total. The molecule has 0 aliphatic heterocycles. The van der Waals surface area contributed by atoms with Gasteiger partial charge in [-0.15, -0.1) is 0 Å². The maximum atomic E-state index is 12.8. The summed E-state index contributed by atoms with van der Waals surface area (Å²) in [6.07, 6.45) is 0.827. The van der Waals surface area contributed by atoms with Gasteiger partial charge in [0, 0.05) is 17.7 Å². The summed E-state index contributed by atoms with van der Waals surface area (Å²) in [4.78, 5) is 25.5. The van der Waals surface area contributed by atoms with E-state index in [9.17, 15) is 9.59 Å². The van der Waals surface area contributed by atoms with Crippen molar-refractivity contribution in [3.8, 4) is 5.75 Å². The molecule has 5 heteroatoms. The van der Waals surface area contributed by atoms with Crippen molar-refractivity contribution in [2.45, 2.75) is 12.3 Å². The lowest BCUT2D eigenvalue weighted by molar-refractivity contribution is -0.117. The zero-order chi connectivity index (χ0) is 20.2. The van der Waals surface area contributed by atoms with E-state index < -0.39 is 0 Å². The van der Waals surface area contributed by atoms with E-state index in [-0.39, 0.29) is 23.7 Å². The zero-order valence-corrected chi connectivity index (χ0v) is 16.1. The molecule has 0 saturated heterocycles. The first-order valence-corrected chi connectivity index (χ1v) is 9.56. The Balaban J connectivity index is 1.45. The molecule has 5 nitrogen and oxygen atoms in total. The van der Waals surface area contributed by atoms with Crippen LogP contribution in [0.2, 0.25) is 0 Å². The third kappa shape index (κ3) is 4.29. The number of ether oxygens (including phenoxy) is 1. The molecule has 1 aliphatic carbocycles. The number of carbonyl (C=O) groups excluding carboxylic acids is 2. The Morgan fingerprint density at radius 2 is 1.66 bits per heavy atom. The van der Waals surface area contributed by atoms with Crippen molar-refractivity contribution in [3.05, 3.63) is 90.0 Å². The largest absolute Gasteiger partial charge is 0.497 e. The van der Waals surface area contributed by atoms with Gasteiger partial charge in [0.15, 0.2) is 0 Å². The second-order valence-electron chi connectivity index (χ2n) is 7.08. The van der Waals surface area contributed by atoms with Crippen LogP contribution in [-0.4, -0.2) is 18.9 Å². The smallest absolute Gasteiger partial charge is 0.257 e. The summed E-state index contributed by atoms with van der Waals surface area (Å²) in [7, 11) is 1.58. The van der Waals surface area contributed by atoms with Crippen LogP contribution < -0.4 is 15.4 Å². The van der Waals surface area contributed by atoms with Gasteiger partial charge in [0.25, 0.3) is 5.91 Å². The Morgan fingerprint density at radius 3 is 2.45 bits per heavy atom. The predicted molar refractivity (Wildman–Crippen MR) is 113 cm³/mol. The van der Waals surface area contributed by atoms with Crippen LogP contribution in [0.5, 0.6) is 5.75 Å². The summed E-state index contributed by atoms with van der Waals surface area (Å²) in [6, 6.07) is 24.2. The molecule has 3 aromatic rings. The minimum absolute atomic E-state index is 0.0551. The van der Waals surface area contributed by atoms with Gasteiger partial charge in [-0.1, -0.05) is 48.5 Å². The molecule has 1 saturated carbocycles. The third-order valence-electron chi connectivity index (χ3n) is 5.11. The topological polar surface area (TPSA) is 67.4 Å². The van der Waals surface area contributed by atoms with E-state index in [0.717, 1.165) is 6.42 Å². The number of hydrogen-bond acceptors (Lipinski definition) is 3. The maximum absolute atomic E-state index is 12.8. The minimum Gasteiger partial charge on any atom is -0.497 e. The monoisotopic (exact) mass is 386 g/mol. The highest BCUT2D eigenvalue weighted by Gasteiger charge is 2.44. The average Bonchev–Trinajstić information content (AvgIpc) is 3.56. The van der Waals surface area contributed by atoms with Crippen LogP contribution >= 0.6 is 0 Å². The van der Waals surface area contributed by atoms with E-state index in [1.54, 1.807) is 49.6 Å².